The number of hydrogen-bond donors (Lipinski definition) is 1. The SMILES string of the molecule is NC(=O)c1ccc(CC(=O)N2CC(C3CCCN(C(=O)c4ccnc5ncnn45)C3)C2)cc1. The molecule has 1 unspecified atom stereocenters. The van der Waals surface area contributed by atoms with E-state index in [1.165, 1.54) is 10.8 Å². The van der Waals surface area contributed by atoms with Gasteiger partial charge in [-0.25, -0.2) is 4.98 Å². The average Bonchev–Trinajstić information content (AvgIpc) is 3.27. The van der Waals surface area contributed by atoms with Crippen LogP contribution < -0.4 is 5.73 Å². The zero-order chi connectivity index (χ0) is 22.9. The van der Waals surface area contributed by atoms with Crippen molar-refractivity contribution in [3.63, 3.8) is 0 Å². The molecule has 2 fully saturated rings. The Morgan fingerprint density at radius 3 is 2.48 bits per heavy atom. The Kier molecular flexibility index (Phi) is 5.49. The Balaban J connectivity index is 1.16. The van der Waals surface area contributed by atoms with Gasteiger partial charge >= 0.3 is 0 Å². The summed E-state index contributed by atoms with van der Waals surface area (Å²) in [6.45, 7) is 2.82. The Morgan fingerprint density at radius 1 is 0.970 bits per heavy atom. The molecule has 0 saturated carbocycles. The monoisotopic (exact) mass is 447 g/mol. The van der Waals surface area contributed by atoms with E-state index in [4.69, 9.17) is 5.73 Å². The quantitative estimate of drug-likeness (QED) is 0.616. The minimum atomic E-state index is -0.479. The fourth-order valence-electron chi connectivity index (χ4n) is 4.73. The molecule has 0 aliphatic carbocycles. The van der Waals surface area contributed by atoms with Crippen LogP contribution in [0.1, 0.15) is 39.3 Å². The van der Waals surface area contributed by atoms with Crippen molar-refractivity contribution >= 4 is 23.5 Å². The number of aromatic nitrogens is 4. The molecule has 0 radical (unpaired) electrons. The van der Waals surface area contributed by atoms with E-state index >= 15 is 0 Å². The number of fused-ring (bicyclic) bond motifs is 1. The molecule has 2 aromatic heterocycles. The highest BCUT2D eigenvalue weighted by Gasteiger charge is 2.38. The lowest BCUT2D eigenvalue weighted by molar-refractivity contribution is -0.138. The van der Waals surface area contributed by atoms with Gasteiger partial charge in [-0.2, -0.15) is 14.6 Å². The third-order valence-electron chi connectivity index (χ3n) is 6.67. The third-order valence-corrected chi connectivity index (χ3v) is 6.67. The van der Waals surface area contributed by atoms with Crippen LogP contribution in [0.2, 0.25) is 0 Å². The smallest absolute Gasteiger partial charge is 0.272 e. The van der Waals surface area contributed by atoms with Crippen LogP contribution in [-0.4, -0.2) is 73.3 Å². The number of likely N-dealkylation sites (tertiary alicyclic amines) is 2. The summed E-state index contributed by atoms with van der Waals surface area (Å²) in [7, 11) is 0. The van der Waals surface area contributed by atoms with Gasteiger partial charge in [0.05, 0.1) is 6.42 Å². The fourth-order valence-corrected chi connectivity index (χ4v) is 4.73. The first kappa shape index (κ1) is 21.0. The zero-order valence-electron chi connectivity index (χ0n) is 18.1. The molecule has 5 rings (SSSR count). The minimum Gasteiger partial charge on any atom is -0.366 e. The number of carbonyl (C=O) groups is 3. The number of benzene rings is 1. The molecule has 2 aliphatic rings. The van der Waals surface area contributed by atoms with E-state index in [2.05, 4.69) is 15.1 Å². The van der Waals surface area contributed by atoms with Gasteiger partial charge in [0.25, 0.3) is 11.7 Å². The molecule has 1 atom stereocenters. The van der Waals surface area contributed by atoms with Crippen LogP contribution >= 0.6 is 0 Å². The van der Waals surface area contributed by atoms with Gasteiger partial charge in [-0.3, -0.25) is 14.4 Å². The second kappa shape index (κ2) is 8.61. The molecule has 170 valence electrons. The van der Waals surface area contributed by atoms with E-state index in [9.17, 15) is 14.4 Å². The summed E-state index contributed by atoms with van der Waals surface area (Å²) in [5, 5.41) is 4.12. The number of carbonyl (C=O) groups excluding carboxylic acids is 3. The predicted octanol–water partition coefficient (Wildman–Crippen LogP) is 0.776. The molecule has 0 spiro atoms. The van der Waals surface area contributed by atoms with Gasteiger partial charge in [0, 0.05) is 37.9 Å². The van der Waals surface area contributed by atoms with E-state index in [1.54, 1.807) is 36.5 Å². The van der Waals surface area contributed by atoms with E-state index in [0.29, 0.717) is 61.5 Å². The first-order chi connectivity index (χ1) is 16.0. The second-order valence-electron chi connectivity index (χ2n) is 8.75. The molecule has 3 aromatic rings. The van der Waals surface area contributed by atoms with Crippen LogP contribution in [0.4, 0.5) is 0 Å². The maximum Gasteiger partial charge on any atom is 0.272 e. The van der Waals surface area contributed by atoms with Crippen LogP contribution in [0.25, 0.3) is 5.78 Å². The van der Waals surface area contributed by atoms with Crippen LogP contribution in [0, 0.1) is 11.8 Å². The number of rotatable bonds is 5. The van der Waals surface area contributed by atoms with Crippen molar-refractivity contribution < 1.29 is 14.4 Å². The number of hydrogen-bond acceptors (Lipinski definition) is 6. The van der Waals surface area contributed by atoms with Crippen LogP contribution in [0.15, 0.2) is 42.9 Å². The molecular weight excluding hydrogens is 422 g/mol. The molecular formula is C23H25N7O3. The summed E-state index contributed by atoms with van der Waals surface area (Å²) >= 11 is 0. The highest BCUT2D eigenvalue weighted by molar-refractivity contribution is 5.93. The van der Waals surface area contributed by atoms with Crippen LogP contribution in [0.5, 0.6) is 0 Å². The van der Waals surface area contributed by atoms with Gasteiger partial charge in [0.2, 0.25) is 11.8 Å². The number of primary amides is 1. The third kappa shape index (κ3) is 4.15. The molecule has 33 heavy (non-hydrogen) atoms. The molecule has 2 saturated heterocycles. The number of nitrogens with two attached hydrogens (primary N) is 1. The van der Waals surface area contributed by atoms with Crippen molar-refractivity contribution in [2.24, 2.45) is 17.6 Å². The van der Waals surface area contributed by atoms with Crippen molar-refractivity contribution in [1.29, 1.82) is 0 Å². The Hall–Kier alpha value is -3.82. The van der Waals surface area contributed by atoms with Gasteiger partial charge in [0.1, 0.15) is 12.0 Å². The topological polar surface area (TPSA) is 127 Å². The molecule has 3 amide bonds. The van der Waals surface area contributed by atoms with E-state index in [0.717, 1.165) is 18.4 Å². The van der Waals surface area contributed by atoms with Gasteiger partial charge in [-0.05, 0) is 48.4 Å². The van der Waals surface area contributed by atoms with Gasteiger partial charge in [0.15, 0.2) is 0 Å². The van der Waals surface area contributed by atoms with E-state index in [-0.39, 0.29) is 11.8 Å². The minimum absolute atomic E-state index is 0.0655. The zero-order valence-corrected chi connectivity index (χ0v) is 18.1. The summed E-state index contributed by atoms with van der Waals surface area (Å²) in [5.41, 5.74) is 7.02. The lowest BCUT2D eigenvalue weighted by Gasteiger charge is -2.46. The Morgan fingerprint density at radius 2 is 1.73 bits per heavy atom. The molecule has 1 aromatic carbocycles. The Bertz CT molecular complexity index is 1200. The standard InChI is InChI=1S/C23H25N7O3/c24-21(32)16-5-3-15(4-6-16)10-20(31)29-12-18(13-29)17-2-1-9-28(11-17)22(33)19-7-8-25-23-26-14-27-30(19)23/h3-8,14,17-18H,1-2,9-13H2,(H2,24,32). The molecule has 10 nitrogen and oxygen atoms in total. The number of amides is 3. The first-order valence-electron chi connectivity index (χ1n) is 11.1. The summed E-state index contributed by atoms with van der Waals surface area (Å²) in [4.78, 5) is 48.9. The van der Waals surface area contributed by atoms with E-state index in [1.807, 2.05) is 9.80 Å². The largest absolute Gasteiger partial charge is 0.366 e. The Labute approximate surface area is 190 Å². The van der Waals surface area contributed by atoms with Gasteiger partial charge in [-0.15, -0.1) is 0 Å². The van der Waals surface area contributed by atoms with Crippen molar-refractivity contribution in [1.82, 2.24) is 29.4 Å². The fraction of sp³-hybridized carbons (Fsp3) is 0.391. The molecule has 10 heteroatoms. The summed E-state index contributed by atoms with van der Waals surface area (Å²) in [5.74, 6) is 0.705. The maximum absolute atomic E-state index is 13.1. The summed E-state index contributed by atoms with van der Waals surface area (Å²) < 4.78 is 1.48. The van der Waals surface area contributed by atoms with Gasteiger partial charge < -0.3 is 15.5 Å². The second-order valence-corrected chi connectivity index (χ2v) is 8.75. The number of nitrogens with zero attached hydrogens (tertiary/aromatic N) is 6. The van der Waals surface area contributed by atoms with Crippen LogP contribution in [0.3, 0.4) is 0 Å². The van der Waals surface area contributed by atoms with Crippen molar-refractivity contribution in [3.05, 3.63) is 59.7 Å². The molecule has 2 aliphatic heterocycles. The summed E-state index contributed by atoms with van der Waals surface area (Å²) in [6, 6.07) is 8.50. The van der Waals surface area contributed by atoms with Gasteiger partial charge in [-0.1, -0.05) is 12.1 Å². The molecule has 4 heterocycles. The van der Waals surface area contributed by atoms with Crippen molar-refractivity contribution in [2.75, 3.05) is 26.2 Å². The highest BCUT2D eigenvalue weighted by Crippen LogP contribution is 2.31. The summed E-state index contributed by atoms with van der Waals surface area (Å²) in [6.07, 6.45) is 5.27. The maximum atomic E-state index is 13.1. The van der Waals surface area contributed by atoms with E-state index < -0.39 is 5.91 Å². The molecule has 0 bridgehead atoms. The highest BCUT2D eigenvalue weighted by atomic mass is 16.2. The number of piperidine rings is 1. The first-order valence-corrected chi connectivity index (χ1v) is 11.1. The van der Waals surface area contributed by atoms with Crippen molar-refractivity contribution in [3.8, 4) is 0 Å². The lowest BCUT2D eigenvalue weighted by atomic mass is 9.80. The molecule has 2 N–H and O–H groups in total. The lowest BCUT2D eigenvalue weighted by Crippen LogP contribution is -2.56. The predicted molar refractivity (Wildman–Crippen MR) is 118 cm³/mol. The van der Waals surface area contributed by atoms with Crippen LogP contribution in [-0.2, 0) is 11.2 Å². The van der Waals surface area contributed by atoms with Crippen molar-refractivity contribution in [2.45, 2.75) is 19.3 Å². The normalized spacial score (nSPS) is 18.8. The average molecular weight is 447 g/mol.